The van der Waals surface area contributed by atoms with E-state index in [2.05, 4.69) is 30.1 Å². The summed E-state index contributed by atoms with van der Waals surface area (Å²) in [5.74, 6) is 2.15. The molecule has 2 bridgehead atoms. The molecule has 1 saturated carbocycles. The number of hydrogen-bond acceptors (Lipinski definition) is 5. The fourth-order valence-corrected chi connectivity index (χ4v) is 6.30. The number of ketones is 1. The molecule has 2 aliphatic carbocycles. The van der Waals surface area contributed by atoms with Gasteiger partial charge in [0, 0.05) is 30.6 Å². The molecule has 4 atom stereocenters. The average Bonchev–Trinajstić information content (AvgIpc) is 2.79. The minimum Gasteiger partial charge on any atom is -0.493 e. The predicted molar refractivity (Wildman–Crippen MR) is 119 cm³/mol. The number of fused-ring (bicyclic) bond motifs is 1. The number of methoxy groups -OCH3 is 2. The lowest BCUT2D eigenvalue weighted by atomic mass is 9.51. The summed E-state index contributed by atoms with van der Waals surface area (Å²) in [6.07, 6.45) is 2.91. The largest absolute Gasteiger partial charge is 0.493 e. The van der Waals surface area contributed by atoms with Crippen LogP contribution in [0.4, 0.5) is 0 Å². The minimum absolute atomic E-state index is 0.211. The van der Waals surface area contributed by atoms with Crippen molar-refractivity contribution in [3.8, 4) is 11.5 Å². The summed E-state index contributed by atoms with van der Waals surface area (Å²) in [5, 5.41) is 0. The van der Waals surface area contributed by atoms with Gasteiger partial charge in [-0.25, -0.2) is 0 Å². The van der Waals surface area contributed by atoms with Gasteiger partial charge in [-0.1, -0.05) is 36.4 Å². The Kier molecular flexibility index (Phi) is 5.27. The molecule has 2 aromatic rings. The Balaban J connectivity index is 1.62. The normalized spacial score (nSPS) is 29.8. The van der Waals surface area contributed by atoms with Gasteiger partial charge in [0.15, 0.2) is 17.3 Å². The lowest BCUT2D eigenvalue weighted by molar-refractivity contribution is -0.141. The van der Waals surface area contributed by atoms with Gasteiger partial charge in [-0.2, -0.15) is 0 Å². The molecule has 5 rings (SSSR count). The lowest BCUT2D eigenvalue weighted by Crippen LogP contribution is -2.63. The monoisotopic (exact) mass is 421 g/mol. The summed E-state index contributed by atoms with van der Waals surface area (Å²) >= 11 is 0. The van der Waals surface area contributed by atoms with Gasteiger partial charge in [-0.05, 0) is 56.0 Å². The zero-order chi connectivity index (χ0) is 21.6. The lowest BCUT2D eigenvalue weighted by Gasteiger charge is -2.59. The number of rotatable bonds is 5. The van der Waals surface area contributed by atoms with E-state index in [1.807, 2.05) is 24.3 Å². The fourth-order valence-electron chi connectivity index (χ4n) is 6.30. The molecule has 1 heterocycles. The van der Waals surface area contributed by atoms with Crippen molar-refractivity contribution in [2.24, 2.45) is 5.92 Å². The van der Waals surface area contributed by atoms with Gasteiger partial charge >= 0.3 is 0 Å². The van der Waals surface area contributed by atoms with Crippen molar-refractivity contribution in [3.63, 3.8) is 0 Å². The van der Waals surface area contributed by atoms with Crippen molar-refractivity contribution in [1.82, 2.24) is 4.90 Å². The second-order valence-electron chi connectivity index (χ2n) is 9.27. The minimum atomic E-state index is -0.298. The first-order chi connectivity index (χ1) is 15.1. The Bertz CT molecular complexity index is 975. The number of carbonyl (C=O) groups is 1. The number of nitrogens with zero attached hydrogens (tertiary/aromatic N) is 1. The number of benzene rings is 2. The van der Waals surface area contributed by atoms with Crippen LogP contribution >= 0.6 is 0 Å². The van der Waals surface area contributed by atoms with Gasteiger partial charge < -0.3 is 19.1 Å². The van der Waals surface area contributed by atoms with Gasteiger partial charge in [-0.15, -0.1) is 0 Å². The van der Waals surface area contributed by atoms with Crippen molar-refractivity contribution in [3.05, 3.63) is 59.2 Å². The molecule has 3 aliphatic rings. The van der Waals surface area contributed by atoms with E-state index >= 15 is 0 Å². The third kappa shape index (κ3) is 3.26. The van der Waals surface area contributed by atoms with E-state index < -0.39 is 0 Å². The van der Waals surface area contributed by atoms with Gasteiger partial charge in [-0.3, -0.25) is 4.79 Å². The fraction of sp³-hybridized carbons (Fsp3) is 0.500. The number of ether oxygens (including phenoxy) is 3. The van der Waals surface area contributed by atoms with Crippen LogP contribution in [-0.2, 0) is 28.0 Å². The van der Waals surface area contributed by atoms with Crippen LogP contribution in [0.5, 0.6) is 11.5 Å². The van der Waals surface area contributed by atoms with Crippen LogP contribution in [0.25, 0.3) is 0 Å². The third-order valence-electron chi connectivity index (χ3n) is 7.83. The molecule has 0 amide bonds. The number of Topliss-reactive ketones (excluding diaryl/α,β-unsaturated/α-hetero) is 1. The van der Waals surface area contributed by atoms with E-state index in [-0.39, 0.29) is 17.3 Å². The first-order valence-corrected chi connectivity index (χ1v) is 11.2. The van der Waals surface area contributed by atoms with Crippen LogP contribution in [0.15, 0.2) is 42.5 Å². The zero-order valence-corrected chi connectivity index (χ0v) is 18.6. The summed E-state index contributed by atoms with van der Waals surface area (Å²) in [6.45, 7) is 1.47. The highest BCUT2D eigenvalue weighted by molar-refractivity contribution is 5.86. The molecule has 2 unspecified atom stereocenters. The van der Waals surface area contributed by atoms with E-state index in [4.69, 9.17) is 14.2 Å². The molecule has 5 nitrogen and oxygen atoms in total. The van der Waals surface area contributed by atoms with Gasteiger partial charge in [0.05, 0.1) is 7.11 Å². The van der Waals surface area contributed by atoms with E-state index in [0.717, 1.165) is 42.9 Å². The predicted octanol–water partition coefficient (Wildman–Crippen LogP) is 3.77. The van der Waals surface area contributed by atoms with Crippen molar-refractivity contribution in [2.45, 2.75) is 49.9 Å². The summed E-state index contributed by atoms with van der Waals surface area (Å²) in [4.78, 5) is 15.6. The molecule has 164 valence electrons. The summed E-state index contributed by atoms with van der Waals surface area (Å²) < 4.78 is 17.8. The number of likely N-dealkylation sites (N-methyl/N-ethyl adjacent to an activating group) is 1. The second-order valence-corrected chi connectivity index (χ2v) is 9.27. The molecule has 1 aliphatic heterocycles. The van der Waals surface area contributed by atoms with Crippen molar-refractivity contribution in [1.29, 1.82) is 0 Å². The number of hydrogen-bond donors (Lipinski definition) is 0. The van der Waals surface area contributed by atoms with E-state index in [9.17, 15) is 4.79 Å². The molecule has 2 fully saturated rings. The summed E-state index contributed by atoms with van der Waals surface area (Å²) in [5.41, 5.74) is 3.41. The van der Waals surface area contributed by atoms with E-state index in [1.165, 1.54) is 11.1 Å². The van der Waals surface area contributed by atoms with Crippen LogP contribution in [-0.4, -0.2) is 50.6 Å². The standard InChI is InChI=1S/C26H31NO4/c1-27-12-11-26-15-21(28)23(30-3)14-19(26)20(27)13-18-9-10-22(29-2)25(24(18)26)31-16-17-7-5-4-6-8-17/h4-10,19-20,23H,11-16H2,1-3H3/t19-,20?,23?,26-/m1/s1. The average molecular weight is 422 g/mol. The Hall–Kier alpha value is -2.37. The van der Waals surface area contributed by atoms with E-state index in [1.54, 1.807) is 14.2 Å². The molecule has 5 heteroatoms. The molecular formula is C26H31NO4. The molecule has 31 heavy (non-hydrogen) atoms. The highest BCUT2D eigenvalue weighted by Gasteiger charge is 2.58. The van der Waals surface area contributed by atoms with Crippen LogP contribution < -0.4 is 9.47 Å². The summed E-state index contributed by atoms with van der Waals surface area (Å²) in [6, 6.07) is 14.8. The summed E-state index contributed by atoms with van der Waals surface area (Å²) in [7, 11) is 5.57. The SMILES string of the molecule is COc1ccc2c(c1OCc1ccccc1)[C@@]13CCN(C)C(C2)[C@H]1CC(OC)C(=O)C3. The maximum Gasteiger partial charge on any atom is 0.165 e. The molecule has 0 radical (unpaired) electrons. The molecule has 1 saturated heterocycles. The third-order valence-corrected chi connectivity index (χ3v) is 7.83. The first-order valence-electron chi connectivity index (χ1n) is 11.2. The molecule has 0 N–H and O–H groups in total. The van der Waals surface area contributed by atoms with Crippen molar-refractivity contribution >= 4 is 5.78 Å². The Morgan fingerprint density at radius 2 is 1.94 bits per heavy atom. The maximum absolute atomic E-state index is 13.1. The Labute approximate surface area is 184 Å². The molecule has 2 aromatic carbocycles. The molecular weight excluding hydrogens is 390 g/mol. The van der Waals surface area contributed by atoms with E-state index in [0.29, 0.717) is 25.0 Å². The second kappa shape index (κ2) is 7.95. The molecule has 0 spiro atoms. The quantitative estimate of drug-likeness (QED) is 0.736. The van der Waals surface area contributed by atoms with Gasteiger partial charge in [0.1, 0.15) is 12.7 Å². The van der Waals surface area contributed by atoms with Crippen molar-refractivity contribution < 1.29 is 19.0 Å². The number of carbonyl (C=O) groups excluding carboxylic acids is 1. The van der Waals surface area contributed by atoms with Crippen LogP contribution in [0.2, 0.25) is 0 Å². The van der Waals surface area contributed by atoms with Crippen LogP contribution in [0, 0.1) is 5.92 Å². The number of likely N-dealkylation sites (tertiary alicyclic amines) is 1. The van der Waals surface area contributed by atoms with Crippen LogP contribution in [0.1, 0.15) is 36.0 Å². The zero-order valence-electron chi connectivity index (χ0n) is 18.6. The smallest absolute Gasteiger partial charge is 0.165 e. The van der Waals surface area contributed by atoms with Crippen LogP contribution in [0.3, 0.4) is 0 Å². The highest BCUT2D eigenvalue weighted by Crippen LogP contribution is 2.58. The van der Waals surface area contributed by atoms with Gasteiger partial charge in [0.25, 0.3) is 0 Å². The Morgan fingerprint density at radius 3 is 2.68 bits per heavy atom. The maximum atomic E-state index is 13.1. The molecule has 0 aromatic heterocycles. The number of piperidine rings is 1. The highest BCUT2D eigenvalue weighted by atomic mass is 16.5. The Morgan fingerprint density at radius 1 is 1.13 bits per heavy atom. The first kappa shape index (κ1) is 20.5. The topological polar surface area (TPSA) is 48.0 Å². The van der Waals surface area contributed by atoms with Gasteiger partial charge in [0.2, 0.25) is 0 Å². The van der Waals surface area contributed by atoms with Crippen molar-refractivity contribution in [2.75, 3.05) is 27.8 Å².